The minimum absolute atomic E-state index is 0.118. The molecule has 9 heteroatoms. The Bertz CT molecular complexity index is 910. The van der Waals surface area contributed by atoms with Gasteiger partial charge in [-0.05, 0) is 24.1 Å². The summed E-state index contributed by atoms with van der Waals surface area (Å²) in [7, 11) is -3.50. The van der Waals surface area contributed by atoms with Crippen LogP contribution in [0.1, 0.15) is 29.7 Å². The molecule has 0 saturated carbocycles. The predicted molar refractivity (Wildman–Crippen MR) is 77.5 cm³/mol. The second kappa shape index (κ2) is 4.82. The molecule has 1 atom stereocenters. The van der Waals surface area contributed by atoms with E-state index in [4.69, 9.17) is 5.41 Å². The van der Waals surface area contributed by atoms with Crippen LogP contribution in [0.4, 0.5) is 13.2 Å². The zero-order chi connectivity index (χ0) is 16.3. The van der Waals surface area contributed by atoms with E-state index >= 15 is 0 Å². The summed E-state index contributed by atoms with van der Waals surface area (Å²) >= 11 is 0.943. The van der Waals surface area contributed by atoms with Crippen LogP contribution in [0.25, 0.3) is 10.2 Å². The lowest BCUT2D eigenvalue weighted by Gasteiger charge is -2.25. The van der Waals surface area contributed by atoms with Gasteiger partial charge < -0.3 is 4.57 Å². The molecule has 0 radical (unpaired) electrons. The maximum Gasteiger partial charge on any atom is 0.416 e. The van der Waals surface area contributed by atoms with Crippen molar-refractivity contribution in [2.45, 2.75) is 31.3 Å². The third-order valence-corrected chi connectivity index (χ3v) is 7.06. The number of alkyl halides is 3. The van der Waals surface area contributed by atoms with Crippen molar-refractivity contribution in [2.75, 3.05) is 5.75 Å². The summed E-state index contributed by atoms with van der Waals surface area (Å²) in [4.78, 5) is 0.142. The average Bonchev–Trinajstić information content (AvgIpc) is 2.75. The molecule has 0 unspecified atom stereocenters. The van der Waals surface area contributed by atoms with E-state index in [1.807, 2.05) is 0 Å². The summed E-state index contributed by atoms with van der Waals surface area (Å²) in [5.41, 5.74) is -0.231. The van der Waals surface area contributed by atoms with Gasteiger partial charge in [-0.25, -0.2) is 8.42 Å². The highest BCUT2D eigenvalue weighted by Gasteiger charge is 2.37. The Morgan fingerprint density at radius 3 is 2.68 bits per heavy atom. The van der Waals surface area contributed by atoms with Gasteiger partial charge >= 0.3 is 6.18 Å². The largest absolute Gasteiger partial charge is 0.416 e. The first-order chi connectivity index (χ1) is 10.1. The predicted octanol–water partition coefficient (Wildman–Crippen LogP) is 3.08. The zero-order valence-electron chi connectivity index (χ0n) is 11.6. The fourth-order valence-corrected chi connectivity index (χ4v) is 5.30. The second-order valence-electron chi connectivity index (χ2n) is 5.20. The molecule has 1 aromatic carbocycles. The average molecular weight is 350 g/mol. The fraction of sp³-hybridized carbons (Fsp3) is 0.462. The van der Waals surface area contributed by atoms with Crippen molar-refractivity contribution in [3.8, 4) is 0 Å². The highest BCUT2D eigenvalue weighted by molar-refractivity contribution is 7.91. The Kier molecular flexibility index (Phi) is 3.41. The monoisotopic (exact) mass is 350 g/mol. The summed E-state index contributed by atoms with van der Waals surface area (Å²) in [6.07, 6.45) is -4.34. The van der Waals surface area contributed by atoms with Crippen molar-refractivity contribution in [3.05, 3.63) is 28.1 Å². The molecule has 0 saturated heterocycles. The number of hydrogen-bond donors (Lipinski definition) is 1. The standard InChI is InChI=1S/C13H13F3N2O2S2/c1-2-22(19,20)10-3-4-18-11-8(10)5-7(13(14,15)16)6-9(11)21-12(18)17/h5-6,10,17H,2-4H2,1H3/t10-/m1/s1. The van der Waals surface area contributed by atoms with Crippen molar-refractivity contribution in [1.29, 1.82) is 5.41 Å². The second-order valence-corrected chi connectivity index (χ2v) is 8.70. The van der Waals surface area contributed by atoms with E-state index in [1.54, 1.807) is 4.57 Å². The molecule has 0 fully saturated rings. The van der Waals surface area contributed by atoms with E-state index in [-0.39, 0.29) is 22.5 Å². The maximum atomic E-state index is 13.1. The summed E-state index contributed by atoms with van der Waals surface area (Å²) in [6.45, 7) is 1.83. The number of nitrogens with one attached hydrogen (secondary N) is 1. The van der Waals surface area contributed by atoms with Gasteiger partial charge in [0.2, 0.25) is 0 Å². The smallest absolute Gasteiger partial charge is 0.317 e. The molecular weight excluding hydrogens is 337 g/mol. The lowest BCUT2D eigenvalue weighted by molar-refractivity contribution is -0.137. The van der Waals surface area contributed by atoms with Crippen molar-refractivity contribution in [1.82, 2.24) is 4.57 Å². The van der Waals surface area contributed by atoms with Gasteiger partial charge in [-0.2, -0.15) is 13.2 Å². The molecule has 0 bridgehead atoms. The molecule has 4 nitrogen and oxygen atoms in total. The summed E-state index contributed by atoms with van der Waals surface area (Å²) in [5, 5.41) is 6.94. The van der Waals surface area contributed by atoms with Crippen LogP contribution in [0, 0.1) is 5.41 Å². The van der Waals surface area contributed by atoms with Gasteiger partial charge in [0, 0.05) is 12.3 Å². The third kappa shape index (κ3) is 2.26. The molecule has 2 aromatic rings. The van der Waals surface area contributed by atoms with Crippen LogP contribution >= 0.6 is 11.3 Å². The van der Waals surface area contributed by atoms with Gasteiger partial charge in [0.05, 0.1) is 21.0 Å². The number of halogens is 3. The normalized spacial score (nSPS) is 18.8. The zero-order valence-corrected chi connectivity index (χ0v) is 13.2. The Morgan fingerprint density at radius 2 is 2.09 bits per heavy atom. The Balaban J connectivity index is 2.38. The van der Waals surface area contributed by atoms with Crippen molar-refractivity contribution in [2.24, 2.45) is 0 Å². The first kappa shape index (κ1) is 15.5. The number of hydrogen-bond acceptors (Lipinski definition) is 4. The molecule has 1 aliphatic rings. The van der Waals surface area contributed by atoms with E-state index < -0.39 is 26.8 Å². The minimum Gasteiger partial charge on any atom is -0.317 e. The van der Waals surface area contributed by atoms with Crippen molar-refractivity contribution < 1.29 is 21.6 Å². The lowest BCUT2D eigenvalue weighted by Crippen LogP contribution is -2.26. The van der Waals surface area contributed by atoms with Gasteiger partial charge in [0.15, 0.2) is 14.6 Å². The summed E-state index contributed by atoms with van der Waals surface area (Å²) < 4.78 is 65.6. The van der Waals surface area contributed by atoms with Crippen molar-refractivity contribution in [3.63, 3.8) is 0 Å². The van der Waals surface area contributed by atoms with E-state index in [0.717, 1.165) is 23.5 Å². The van der Waals surface area contributed by atoms with E-state index in [1.165, 1.54) is 6.92 Å². The van der Waals surface area contributed by atoms with Crippen LogP contribution in [-0.2, 0) is 22.6 Å². The van der Waals surface area contributed by atoms with Crippen LogP contribution in [0.2, 0.25) is 0 Å². The lowest BCUT2D eigenvalue weighted by atomic mass is 10.0. The molecular formula is C13H13F3N2O2S2. The first-order valence-corrected chi connectivity index (χ1v) is 9.19. The van der Waals surface area contributed by atoms with Gasteiger partial charge in [0.25, 0.3) is 0 Å². The Labute approximate surface area is 128 Å². The first-order valence-electron chi connectivity index (χ1n) is 6.66. The molecule has 120 valence electrons. The van der Waals surface area contributed by atoms with Crippen LogP contribution in [0.5, 0.6) is 0 Å². The maximum absolute atomic E-state index is 13.1. The molecule has 3 rings (SSSR count). The topological polar surface area (TPSA) is 62.9 Å². The number of aryl methyl sites for hydroxylation is 1. The number of nitrogens with zero attached hydrogens (tertiary/aromatic N) is 1. The SMILES string of the molecule is CCS(=O)(=O)[C@@H]1CCn2c(=N)sc3cc(C(F)(F)F)cc1c32. The quantitative estimate of drug-likeness (QED) is 0.905. The third-order valence-electron chi connectivity index (χ3n) is 3.95. The summed E-state index contributed by atoms with van der Waals surface area (Å²) in [5.74, 6) is -0.118. The van der Waals surface area contributed by atoms with Crippen LogP contribution in [0.3, 0.4) is 0 Å². The van der Waals surface area contributed by atoms with E-state index in [9.17, 15) is 21.6 Å². The van der Waals surface area contributed by atoms with Gasteiger partial charge in [-0.3, -0.25) is 5.41 Å². The number of aromatic nitrogens is 1. The Morgan fingerprint density at radius 1 is 1.41 bits per heavy atom. The van der Waals surface area contributed by atoms with Gasteiger partial charge in [0.1, 0.15) is 0 Å². The number of sulfone groups is 1. The molecule has 1 aromatic heterocycles. The highest BCUT2D eigenvalue weighted by atomic mass is 32.2. The van der Waals surface area contributed by atoms with Crippen LogP contribution in [-0.4, -0.2) is 18.7 Å². The van der Waals surface area contributed by atoms with Gasteiger partial charge in [-0.15, -0.1) is 0 Å². The molecule has 1 N–H and O–H groups in total. The van der Waals surface area contributed by atoms with E-state index in [0.29, 0.717) is 16.8 Å². The van der Waals surface area contributed by atoms with Crippen molar-refractivity contribution >= 4 is 31.4 Å². The molecule has 0 aliphatic carbocycles. The molecule has 1 aliphatic heterocycles. The minimum atomic E-state index is -4.54. The number of rotatable bonds is 2. The highest BCUT2D eigenvalue weighted by Crippen LogP contribution is 2.41. The van der Waals surface area contributed by atoms with Crippen LogP contribution < -0.4 is 4.80 Å². The molecule has 0 spiro atoms. The summed E-state index contributed by atoms with van der Waals surface area (Å²) in [6, 6.07) is 1.93. The van der Waals surface area contributed by atoms with E-state index in [2.05, 4.69) is 0 Å². The Hall–Kier alpha value is -1.35. The van der Waals surface area contributed by atoms with Crippen LogP contribution in [0.15, 0.2) is 12.1 Å². The van der Waals surface area contributed by atoms with Gasteiger partial charge in [-0.1, -0.05) is 18.3 Å². The fourth-order valence-electron chi connectivity index (χ4n) is 2.86. The number of benzene rings is 1. The molecule has 22 heavy (non-hydrogen) atoms. The molecule has 2 heterocycles. The molecule has 0 amide bonds. The number of thiazole rings is 1.